The highest BCUT2D eigenvalue weighted by Crippen LogP contribution is 2.33. The minimum atomic E-state index is -0.335. The first-order valence-electron chi connectivity index (χ1n) is 5.46. The molecule has 0 unspecified atom stereocenters. The van der Waals surface area contributed by atoms with Gasteiger partial charge in [-0.1, -0.05) is 29.3 Å². The van der Waals surface area contributed by atoms with Gasteiger partial charge in [0.25, 0.3) is 4.92 Å². The molecule has 2 N–H and O–H groups in total. The van der Waals surface area contributed by atoms with Crippen molar-refractivity contribution in [3.05, 3.63) is 56.9 Å². The van der Waals surface area contributed by atoms with E-state index in [0.717, 1.165) is 0 Å². The first-order valence-corrected chi connectivity index (χ1v) is 6.22. The summed E-state index contributed by atoms with van der Waals surface area (Å²) in [6, 6.07) is 8.95. The third-order valence-corrected chi connectivity index (χ3v) is 3.12. The zero-order valence-electron chi connectivity index (χ0n) is 9.99. The minimum Gasteiger partial charge on any atom is -0.507 e. The molecule has 0 saturated carbocycles. The first-order chi connectivity index (χ1) is 9.49. The molecule has 0 radical (unpaired) electrons. The van der Waals surface area contributed by atoms with Gasteiger partial charge in [0.15, 0.2) is 0 Å². The number of rotatable bonds is 3. The topological polar surface area (TPSA) is 72.9 Å². The number of hydrogen-bond acceptors (Lipinski definition) is 3. The summed E-state index contributed by atoms with van der Waals surface area (Å²) in [6.45, 7) is 0. The summed E-state index contributed by atoms with van der Waals surface area (Å²) < 4.78 is 0. The molecule has 0 aliphatic heterocycles. The average molecular weight is 312 g/mol. The molecule has 0 amide bonds. The summed E-state index contributed by atoms with van der Waals surface area (Å²) in [5, 5.41) is 19.0. The summed E-state index contributed by atoms with van der Waals surface area (Å²) in [4.78, 5) is 14.6. The lowest BCUT2D eigenvalue weighted by atomic mass is 10.2. The van der Waals surface area contributed by atoms with E-state index in [0.29, 0.717) is 10.6 Å². The second-order valence-corrected chi connectivity index (χ2v) is 4.66. The smallest absolute Gasteiger partial charge is 0.337 e. The predicted molar refractivity (Wildman–Crippen MR) is 76.9 cm³/mol. The maximum absolute atomic E-state index is 10.9. The standard InChI is InChI=1S/C13H8Cl2N2O3/c14-9-4-5-12(18)8(6-9)7-16-10-2-1-3-11(13(10)15)17(19)20/h1-7H,(H-,16,18,19,20)/p+1. The van der Waals surface area contributed by atoms with Crippen molar-refractivity contribution >= 4 is 40.8 Å². The maximum atomic E-state index is 10.9. The van der Waals surface area contributed by atoms with Crippen LogP contribution < -0.4 is 0 Å². The molecular weight excluding hydrogens is 303 g/mol. The molecule has 0 aliphatic rings. The Morgan fingerprint density at radius 2 is 1.95 bits per heavy atom. The molecule has 20 heavy (non-hydrogen) atoms. The number of phenolic OH excluding ortho intramolecular Hbond substituents is 1. The van der Waals surface area contributed by atoms with Gasteiger partial charge in [0, 0.05) is 22.9 Å². The highest BCUT2D eigenvalue weighted by atomic mass is 35.5. The van der Waals surface area contributed by atoms with E-state index in [1.54, 1.807) is 12.1 Å². The van der Waals surface area contributed by atoms with E-state index in [2.05, 4.69) is 4.99 Å². The fourth-order valence-electron chi connectivity index (χ4n) is 1.52. The lowest BCUT2D eigenvalue weighted by molar-refractivity contribution is -0.729. The Morgan fingerprint density at radius 3 is 2.65 bits per heavy atom. The largest absolute Gasteiger partial charge is 0.507 e. The van der Waals surface area contributed by atoms with Gasteiger partial charge in [-0.15, -0.1) is 0 Å². The van der Waals surface area contributed by atoms with Crippen LogP contribution in [0.1, 0.15) is 5.56 Å². The van der Waals surface area contributed by atoms with Crippen molar-refractivity contribution in [1.82, 2.24) is 0 Å². The van der Waals surface area contributed by atoms with Gasteiger partial charge in [-0.2, -0.15) is 0 Å². The molecule has 2 aromatic carbocycles. The first kappa shape index (κ1) is 14.3. The number of halogens is 2. The predicted octanol–water partition coefficient (Wildman–Crippen LogP) is 4.25. The molecule has 0 aliphatic carbocycles. The summed E-state index contributed by atoms with van der Waals surface area (Å²) in [5.41, 5.74) is 0.567. The van der Waals surface area contributed by atoms with E-state index in [1.807, 2.05) is 0 Å². The third kappa shape index (κ3) is 3.07. The highest BCUT2D eigenvalue weighted by Gasteiger charge is 2.19. The molecule has 0 fully saturated rings. The minimum absolute atomic E-state index is 0.00256. The van der Waals surface area contributed by atoms with E-state index < -0.39 is 0 Å². The number of nitrogens with zero attached hydrogens (tertiary/aromatic N) is 2. The maximum Gasteiger partial charge on any atom is 0.337 e. The van der Waals surface area contributed by atoms with Crippen LogP contribution in [0.3, 0.4) is 0 Å². The summed E-state index contributed by atoms with van der Waals surface area (Å²) in [5.74, 6) is 0.0121. The van der Waals surface area contributed by atoms with Gasteiger partial charge in [-0.05, 0) is 24.3 Å². The summed E-state index contributed by atoms with van der Waals surface area (Å²) >= 11 is 11.8. The Kier molecular flexibility index (Phi) is 4.22. The second-order valence-electron chi connectivity index (χ2n) is 3.84. The Bertz CT molecular complexity index is 702. The van der Waals surface area contributed by atoms with Crippen molar-refractivity contribution < 1.29 is 15.2 Å². The SMILES string of the molecule is O=[N+](O)c1cccc(/N=C/c2cc(Cl)ccc2O)c1Cl. The molecule has 0 spiro atoms. The normalized spacial score (nSPS) is 10.9. The zero-order valence-corrected chi connectivity index (χ0v) is 11.5. The lowest BCUT2D eigenvalue weighted by Gasteiger charge is -2.00. The molecule has 2 rings (SSSR count). The number of benzene rings is 2. The monoisotopic (exact) mass is 311 g/mol. The number of phenols is 1. The van der Waals surface area contributed by atoms with Crippen LogP contribution >= 0.6 is 23.2 Å². The van der Waals surface area contributed by atoms with E-state index in [9.17, 15) is 10.0 Å². The fraction of sp³-hybridized carbons (Fsp3) is 0. The highest BCUT2D eigenvalue weighted by molar-refractivity contribution is 6.35. The molecular formula is C13H9Cl2N2O3+. The number of hydrogen-bond donors (Lipinski definition) is 2. The Balaban J connectivity index is 2.39. The average Bonchev–Trinajstić information content (AvgIpc) is 2.41. The van der Waals surface area contributed by atoms with Crippen molar-refractivity contribution in [3.8, 4) is 5.75 Å². The molecule has 5 nitrogen and oxygen atoms in total. The summed E-state index contributed by atoms with van der Waals surface area (Å²) in [7, 11) is 0. The zero-order chi connectivity index (χ0) is 14.7. The molecule has 102 valence electrons. The van der Waals surface area contributed by atoms with Gasteiger partial charge < -0.3 is 5.11 Å². The van der Waals surface area contributed by atoms with Crippen molar-refractivity contribution in [3.63, 3.8) is 0 Å². The molecule has 0 heterocycles. The van der Waals surface area contributed by atoms with Crippen molar-refractivity contribution in [2.75, 3.05) is 0 Å². The molecule has 0 saturated heterocycles. The van der Waals surface area contributed by atoms with Gasteiger partial charge in [-0.3, -0.25) is 4.99 Å². The van der Waals surface area contributed by atoms with Crippen LogP contribution in [0.25, 0.3) is 0 Å². The van der Waals surface area contributed by atoms with Gasteiger partial charge in [0.1, 0.15) is 10.8 Å². The molecule has 0 bridgehead atoms. The summed E-state index contributed by atoms with van der Waals surface area (Å²) in [6.07, 6.45) is 1.36. The molecule has 2 aromatic rings. The number of aromatic hydroxyl groups is 1. The van der Waals surface area contributed by atoms with Crippen LogP contribution in [0.15, 0.2) is 41.4 Å². The Hall–Kier alpha value is -2.11. The molecule has 0 aromatic heterocycles. The van der Waals surface area contributed by atoms with Gasteiger partial charge in [-0.25, -0.2) is 5.21 Å². The van der Waals surface area contributed by atoms with E-state index in [4.69, 9.17) is 28.4 Å². The lowest BCUT2D eigenvalue weighted by Crippen LogP contribution is -1.92. The van der Waals surface area contributed by atoms with Crippen LogP contribution in [0, 0.1) is 4.91 Å². The van der Waals surface area contributed by atoms with Gasteiger partial charge in [0.2, 0.25) is 0 Å². The van der Waals surface area contributed by atoms with E-state index in [1.165, 1.54) is 30.5 Å². The Morgan fingerprint density at radius 1 is 1.20 bits per heavy atom. The Labute approximate surface area is 124 Å². The van der Waals surface area contributed by atoms with Crippen LogP contribution in [0.5, 0.6) is 5.75 Å². The van der Waals surface area contributed by atoms with Crippen molar-refractivity contribution in [2.24, 2.45) is 4.99 Å². The molecule has 0 atom stereocenters. The van der Waals surface area contributed by atoms with Crippen LogP contribution in [-0.4, -0.2) is 21.5 Å². The van der Waals surface area contributed by atoms with Crippen molar-refractivity contribution in [1.29, 1.82) is 0 Å². The third-order valence-electron chi connectivity index (χ3n) is 2.50. The van der Waals surface area contributed by atoms with Crippen molar-refractivity contribution in [2.45, 2.75) is 0 Å². The van der Waals surface area contributed by atoms with Gasteiger partial charge >= 0.3 is 5.69 Å². The van der Waals surface area contributed by atoms with Crippen LogP contribution in [-0.2, 0) is 0 Å². The quantitative estimate of drug-likeness (QED) is 0.657. The molecule has 7 heteroatoms. The fourth-order valence-corrected chi connectivity index (χ4v) is 1.95. The van der Waals surface area contributed by atoms with E-state index in [-0.39, 0.29) is 27.1 Å². The number of aliphatic imine (C=N–C) groups is 1. The van der Waals surface area contributed by atoms with Crippen LogP contribution in [0.4, 0.5) is 11.4 Å². The van der Waals surface area contributed by atoms with Crippen LogP contribution in [0.2, 0.25) is 10.0 Å². The van der Waals surface area contributed by atoms with Gasteiger partial charge in [0.05, 0.1) is 10.6 Å². The second kappa shape index (κ2) is 5.90. The van der Waals surface area contributed by atoms with E-state index >= 15 is 0 Å².